The van der Waals surface area contributed by atoms with Crippen molar-refractivity contribution in [3.8, 4) is 0 Å². The molecule has 0 fully saturated rings. The first kappa shape index (κ1) is 17.1. The number of nitrogens with one attached hydrogen (secondary N) is 2. The largest absolute Gasteiger partial charge is 0.361 e. The Morgan fingerprint density at radius 2 is 1.93 bits per heavy atom. The van der Waals surface area contributed by atoms with Gasteiger partial charge in [-0.1, -0.05) is 41.9 Å². The Balaban J connectivity index is 1.50. The molecule has 0 unspecified atom stereocenters. The van der Waals surface area contributed by atoms with Crippen molar-refractivity contribution < 1.29 is 4.79 Å². The summed E-state index contributed by atoms with van der Waals surface area (Å²) in [7, 11) is 0. The quantitative estimate of drug-likeness (QED) is 0.533. The Bertz CT molecular complexity index is 1170. The molecule has 1 amide bonds. The van der Waals surface area contributed by atoms with E-state index in [1.807, 2.05) is 54.4 Å². The van der Waals surface area contributed by atoms with Gasteiger partial charge in [0, 0.05) is 39.9 Å². The van der Waals surface area contributed by atoms with Crippen LogP contribution in [-0.2, 0) is 6.42 Å². The number of benzene rings is 2. The van der Waals surface area contributed by atoms with Crippen LogP contribution in [0, 0.1) is 6.92 Å². The fourth-order valence-electron chi connectivity index (χ4n) is 4.15. The number of rotatable bonds is 4. The SMILES string of the molecule is Cc1[nH]nc2c1[C@H](c1ccc(Cl)cc1)N(CCc1c[nH]c3ccccc13)C2=O. The summed E-state index contributed by atoms with van der Waals surface area (Å²) >= 11 is 6.08. The number of nitrogens with zero attached hydrogens (tertiary/aromatic N) is 2. The molecule has 0 radical (unpaired) electrons. The van der Waals surface area contributed by atoms with Crippen molar-refractivity contribution in [3.63, 3.8) is 0 Å². The summed E-state index contributed by atoms with van der Waals surface area (Å²) < 4.78 is 0. The number of amides is 1. The van der Waals surface area contributed by atoms with Gasteiger partial charge in [-0.25, -0.2) is 0 Å². The molecule has 1 aliphatic heterocycles. The Kier molecular flexibility index (Phi) is 3.98. The summed E-state index contributed by atoms with van der Waals surface area (Å²) in [6.07, 6.45) is 2.81. The number of hydrogen-bond acceptors (Lipinski definition) is 2. The maximum Gasteiger partial charge on any atom is 0.275 e. The average Bonchev–Trinajstić information content (AvgIpc) is 3.36. The lowest BCUT2D eigenvalue weighted by Crippen LogP contribution is -2.31. The van der Waals surface area contributed by atoms with Gasteiger partial charge in [-0.2, -0.15) is 5.10 Å². The van der Waals surface area contributed by atoms with Gasteiger partial charge in [-0.05, 0) is 42.7 Å². The Morgan fingerprint density at radius 3 is 2.75 bits per heavy atom. The summed E-state index contributed by atoms with van der Waals surface area (Å²) in [4.78, 5) is 18.3. The van der Waals surface area contributed by atoms with Crippen LogP contribution in [0.1, 0.15) is 38.9 Å². The molecule has 0 aliphatic carbocycles. The molecule has 28 heavy (non-hydrogen) atoms. The van der Waals surface area contributed by atoms with Gasteiger partial charge in [0.25, 0.3) is 5.91 Å². The highest BCUT2D eigenvalue weighted by Crippen LogP contribution is 2.39. The van der Waals surface area contributed by atoms with Crippen LogP contribution in [0.25, 0.3) is 10.9 Å². The molecule has 6 heteroatoms. The second kappa shape index (κ2) is 6.53. The van der Waals surface area contributed by atoms with Crippen LogP contribution in [0.5, 0.6) is 0 Å². The zero-order valence-corrected chi connectivity index (χ0v) is 16.1. The number of aromatic nitrogens is 3. The van der Waals surface area contributed by atoms with Crippen LogP contribution in [0.3, 0.4) is 0 Å². The molecular weight excluding hydrogens is 372 g/mol. The predicted octanol–water partition coefficient (Wildman–Crippen LogP) is 4.64. The summed E-state index contributed by atoms with van der Waals surface area (Å²) in [5, 5.41) is 9.12. The minimum Gasteiger partial charge on any atom is -0.361 e. The van der Waals surface area contributed by atoms with E-state index in [9.17, 15) is 4.79 Å². The molecule has 2 aromatic heterocycles. The molecule has 4 aromatic rings. The Labute approximate surface area is 167 Å². The molecule has 140 valence electrons. The van der Waals surface area contributed by atoms with E-state index in [-0.39, 0.29) is 11.9 Å². The molecule has 0 saturated carbocycles. The Hall–Kier alpha value is -3.05. The fourth-order valence-corrected chi connectivity index (χ4v) is 4.27. The third kappa shape index (κ3) is 2.62. The van der Waals surface area contributed by atoms with Crippen LogP contribution in [-0.4, -0.2) is 32.5 Å². The van der Waals surface area contributed by atoms with Gasteiger partial charge in [0.1, 0.15) is 0 Å². The number of hydrogen-bond donors (Lipinski definition) is 2. The first-order chi connectivity index (χ1) is 13.6. The molecular formula is C22H19ClN4O. The van der Waals surface area contributed by atoms with E-state index in [1.165, 1.54) is 10.9 Å². The number of fused-ring (bicyclic) bond motifs is 2. The number of H-pyrrole nitrogens is 2. The van der Waals surface area contributed by atoms with Crippen LogP contribution in [0.15, 0.2) is 54.7 Å². The number of para-hydroxylation sites is 1. The lowest BCUT2D eigenvalue weighted by molar-refractivity contribution is 0.0745. The summed E-state index contributed by atoms with van der Waals surface area (Å²) in [6.45, 7) is 2.58. The predicted molar refractivity (Wildman–Crippen MR) is 110 cm³/mol. The van der Waals surface area contributed by atoms with Crippen LogP contribution in [0.4, 0.5) is 0 Å². The molecule has 0 bridgehead atoms. The zero-order valence-electron chi connectivity index (χ0n) is 15.4. The van der Waals surface area contributed by atoms with Crippen molar-refractivity contribution in [2.24, 2.45) is 0 Å². The van der Waals surface area contributed by atoms with E-state index in [0.29, 0.717) is 17.3 Å². The van der Waals surface area contributed by atoms with Gasteiger partial charge in [0.2, 0.25) is 0 Å². The van der Waals surface area contributed by atoms with Crippen molar-refractivity contribution in [1.29, 1.82) is 0 Å². The molecule has 0 saturated heterocycles. The molecule has 1 aliphatic rings. The van der Waals surface area contributed by atoms with Gasteiger partial charge in [-0.3, -0.25) is 9.89 Å². The maximum atomic E-state index is 13.1. The topological polar surface area (TPSA) is 64.8 Å². The standard InChI is InChI=1S/C22H19ClN4O/c1-13-19-20(26-25-13)22(28)27(21(19)14-6-8-16(23)9-7-14)11-10-15-12-24-18-5-3-2-4-17(15)18/h2-9,12,21,24H,10-11H2,1H3,(H,25,26)/t21-/m0/s1. The summed E-state index contributed by atoms with van der Waals surface area (Å²) in [5.41, 5.74) is 5.78. The number of aromatic amines is 2. The van der Waals surface area contributed by atoms with Crippen molar-refractivity contribution in [3.05, 3.63) is 87.8 Å². The van der Waals surface area contributed by atoms with Crippen LogP contribution in [0.2, 0.25) is 5.02 Å². The van der Waals surface area contributed by atoms with E-state index in [4.69, 9.17) is 11.6 Å². The number of carbonyl (C=O) groups is 1. The summed E-state index contributed by atoms with van der Waals surface area (Å²) in [6, 6.07) is 15.8. The third-order valence-corrected chi connectivity index (χ3v) is 5.78. The van der Waals surface area contributed by atoms with Gasteiger partial charge in [-0.15, -0.1) is 0 Å². The lowest BCUT2D eigenvalue weighted by atomic mass is 9.99. The number of carbonyl (C=O) groups excluding carboxylic acids is 1. The molecule has 2 N–H and O–H groups in total. The molecule has 5 nitrogen and oxygen atoms in total. The van der Waals surface area contributed by atoms with Gasteiger partial charge >= 0.3 is 0 Å². The highest BCUT2D eigenvalue weighted by atomic mass is 35.5. The molecule has 1 atom stereocenters. The van der Waals surface area contributed by atoms with E-state index in [1.54, 1.807) is 0 Å². The van der Waals surface area contributed by atoms with Crippen molar-refractivity contribution >= 4 is 28.4 Å². The molecule has 2 aromatic carbocycles. The average molecular weight is 391 g/mol. The van der Waals surface area contributed by atoms with E-state index in [2.05, 4.69) is 27.3 Å². The van der Waals surface area contributed by atoms with Crippen LogP contribution < -0.4 is 0 Å². The van der Waals surface area contributed by atoms with E-state index in [0.717, 1.165) is 28.8 Å². The van der Waals surface area contributed by atoms with Gasteiger partial charge in [0.15, 0.2) is 5.69 Å². The zero-order chi connectivity index (χ0) is 19.3. The monoisotopic (exact) mass is 390 g/mol. The Morgan fingerprint density at radius 1 is 1.14 bits per heavy atom. The number of halogens is 1. The van der Waals surface area contributed by atoms with Crippen molar-refractivity contribution in [2.45, 2.75) is 19.4 Å². The van der Waals surface area contributed by atoms with Crippen LogP contribution >= 0.6 is 11.6 Å². The second-order valence-corrected chi connectivity index (χ2v) is 7.61. The smallest absolute Gasteiger partial charge is 0.275 e. The minimum absolute atomic E-state index is 0.0286. The first-order valence-corrected chi connectivity index (χ1v) is 9.67. The first-order valence-electron chi connectivity index (χ1n) is 9.30. The highest BCUT2D eigenvalue weighted by molar-refractivity contribution is 6.30. The minimum atomic E-state index is -0.149. The van der Waals surface area contributed by atoms with Gasteiger partial charge in [0.05, 0.1) is 6.04 Å². The normalized spacial score (nSPS) is 16.1. The molecule has 5 rings (SSSR count). The second-order valence-electron chi connectivity index (χ2n) is 7.17. The van der Waals surface area contributed by atoms with Crippen molar-refractivity contribution in [2.75, 3.05) is 6.54 Å². The maximum absolute atomic E-state index is 13.1. The third-order valence-electron chi connectivity index (χ3n) is 5.53. The number of aryl methyl sites for hydroxylation is 1. The molecule has 3 heterocycles. The van der Waals surface area contributed by atoms with Gasteiger partial charge < -0.3 is 9.88 Å². The molecule has 0 spiro atoms. The highest BCUT2D eigenvalue weighted by Gasteiger charge is 2.41. The van der Waals surface area contributed by atoms with E-state index < -0.39 is 0 Å². The fraction of sp³-hybridized carbons (Fsp3) is 0.182. The summed E-state index contributed by atoms with van der Waals surface area (Å²) in [5.74, 6) is -0.0286. The van der Waals surface area contributed by atoms with E-state index >= 15 is 0 Å². The van der Waals surface area contributed by atoms with Crippen molar-refractivity contribution in [1.82, 2.24) is 20.1 Å². The lowest BCUT2D eigenvalue weighted by Gasteiger charge is -2.26.